The van der Waals surface area contributed by atoms with E-state index in [1.807, 2.05) is 37.3 Å². The maximum absolute atomic E-state index is 12.6. The first kappa shape index (κ1) is 16.7. The van der Waals surface area contributed by atoms with Crippen molar-refractivity contribution in [1.82, 2.24) is 0 Å². The number of allylic oxidation sites excluding steroid dienone is 1. The highest BCUT2D eigenvalue weighted by Gasteiger charge is 2.60. The van der Waals surface area contributed by atoms with Gasteiger partial charge in [0.15, 0.2) is 0 Å². The Bertz CT molecular complexity index is 947. The van der Waals surface area contributed by atoms with Crippen molar-refractivity contribution in [1.29, 1.82) is 0 Å². The molecular formula is C21H19NO4. The zero-order valence-corrected chi connectivity index (χ0v) is 14.4. The maximum atomic E-state index is 12.6. The Hall–Kier alpha value is -2.79. The molecule has 26 heavy (non-hydrogen) atoms. The largest absolute Gasteiger partial charge is 0.384 e. The second kappa shape index (κ2) is 5.61. The van der Waals surface area contributed by atoms with E-state index in [1.54, 1.807) is 12.1 Å². The van der Waals surface area contributed by atoms with Crippen LogP contribution in [0.15, 0.2) is 48.5 Å². The number of ketones is 1. The first-order valence-electron chi connectivity index (χ1n) is 8.66. The van der Waals surface area contributed by atoms with Gasteiger partial charge < -0.3 is 5.11 Å². The SMILES string of the molecule is C[C@@]12C/C(=C/c3ccc([N+](=O)[O-])cc3)c3ccccc3[C@]1(O)CCC2=O. The van der Waals surface area contributed by atoms with E-state index in [9.17, 15) is 20.0 Å². The van der Waals surface area contributed by atoms with Crippen molar-refractivity contribution in [3.63, 3.8) is 0 Å². The lowest BCUT2D eigenvalue weighted by Gasteiger charge is -2.44. The summed E-state index contributed by atoms with van der Waals surface area (Å²) in [6, 6.07) is 14.0. The predicted octanol–water partition coefficient (Wildman–Crippen LogP) is 4.10. The molecule has 4 rings (SSSR count). The van der Waals surface area contributed by atoms with Gasteiger partial charge in [-0.25, -0.2) is 0 Å². The Morgan fingerprint density at radius 1 is 1.15 bits per heavy atom. The summed E-state index contributed by atoms with van der Waals surface area (Å²) >= 11 is 0. The summed E-state index contributed by atoms with van der Waals surface area (Å²) < 4.78 is 0. The van der Waals surface area contributed by atoms with E-state index in [1.165, 1.54) is 12.1 Å². The van der Waals surface area contributed by atoms with Crippen molar-refractivity contribution in [3.05, 3.63) is 75.3 Å². The van der Waals surface area contributed by atoms with E-state index >= 15 is 0 Å². The van der Waals surface area contributed by atoms with Gasteiger partial charge in [0.25, 0.3) is 5.69 Å². The Kier molecular flexibility index (Phi) is 3.59. The van der Waals surface area contributed by atoms with Crippen LogP contribution in [0.5, 0.6) is 0 Å². The fourth-order valence-corrected chi connectivity index (χ4v) is 4.38. The highest BCUT2D eigenvalue weighted by atomic mass is 16.6. The Morgan fingerprint density at radius 2 is 1.85 bits per heavy atom. The normalized spacial score (nSPS) is 28.7. The summed E-state index contributed by atoms with van der Waals surface area (Å²) in [5, 5.41) is 22.2. The first-order chi connectivity index (χ1) is 12.3. The minimum atomic E-state index is -1.13. The molecule has 132 valence electrons. The van der Waals surface area contributed by atoms with Crippen molar-refractivity contribution >= 4 is 23.1 Å². The van der Waals surface area contributed by atoms with Gasteiger partial charge in [0.1, 0.15) is 11.4 Å². The van der Waals surface area contributed by atoms with E-state index in [-0.39, 0.29) is 11.5 Å². The van der Waals surface area contributed by atoms with Gasteiger partial charge in [-0.1, -0.05) is 30.3 Å². The first-order valence-corrected chi connectivity index (χ1v) is 8.66. The summed E-state index contributed by atoms with van der Waals surface area (Å²) in [5.74, 6) is 0.0871. The molecule has 1 N–H and O–H groups in total. The standard InChI is InChI=1S/C21H19NO4/c1-20-13-15(12-14-6-8-16(9-7-14)22(25)26)17-4-2-3-5-18(17)21(20,24)11-10-19(20)23/h2-9,12,24H,10-11,13H2,1H3/b15-12-/t20-,21+/m0/s1. The zero-order chi connectivity index (χ0) is 18.5. The lowest BCUT2D eigenvalue weighted by molar-refractivity contribution is -0.384. The molecule has 0 aromatic heterocycles. The van der Waals surface area contributed by atoms with Crippen molar-refractivity contribution in [2.45, 2.75) is 31.8 Å². The van der Waals surface area contributed by atoms with Gasteiger partial charge in [-0.3, -0.25) is 14.9 Å². The van der Waals surface area contributed by atoms with Crippen molar-refractivity contribution in [2.75, 3.05) is 0 Å². The van der Waals surface area contributed by atoms with Crippen LogP contribution >= 0.6 is 0 Å². The smallest absolute Gasteiger partial charge is 0.269 e. The monoisotopic (exact) mass is 349 g/mol. The topological polar surface area (TPSA) is 80.4 Å². The van der Waals surface area contributed by atoms with Gasteiger partial charge in [0, 0.05) is 18.6 Å². The average molecular weight is 349 g/mol. The van der Waals surface area contributed by atoms with Crippen molar-refractivity contribution in [2.24, 2.45) is 5.41 Å². The molecular weight excluding hydrogens is 330 g/mol. The van der Waals surface area contributed by atoms with Crippen molar-refractivity contribution < 1.29 is 14.8 Å². The molecule has 2 atom stereocenters. The third kappa shape index (κ3) is 2.24. The van der Waals surface area contributed by atoms with E-state index < -0.39 is 15.9 Å². The highest BCUT2D eigenvalue weighted by molar-refractivity contribution is 5.96. The Balaban J connectivity index is 1.84. The summed E-state index contributed by atoms with van der Waals surface area (Å²) in [6.07, 6.45) is 3.24. The molecule has 0 saturated heterocycles. The van der Waals surface area contributed by atoms with E-state index in [4.69, 9.17) is 0 Å². The minimum absolute atomic E-state index is 0.0449. The molecule has 2 aromatic rings. The van der Waals surface area contributed by atoms with Crippen LogP contribution in [0.4, 0.5) is 5.69 Å². The van der Waals surface area contributed by atoms with E-state index in [0.717, 1.165) is 22.3 Å². The molecule has 0 radical (unpaired) electrons. The molecule has 2 aliphatic rings. The van der Waals surface area contributed by atoms with Crippen molar-refractivity contribution in [3.8, 4) is 0 Å². The van der Waals surface area contributed by atoms with E-state index in [0.29, 0.717) is 19.3 Å². The van der Waals surface area contributed by atoms with Crippen LogP contribution in [0, 0.1) is 15.5 Å². The molecule has 0 aliphatic heterocycles. The number of carbonyl (C=O) groups is 1. The summed E-state index contributed by atoms with van der Waals surface area (Å²) in [4.78, 5) is 23.0. The number of rotatable bonds is 2. The van der Waals surface area contributed by atoms with Gasteiger partial charge in [-0.2, -0.15) is 0 Å². The average Bonchev–Trinajstić information content (AvgIpc) is 2.87. The van der Waals surface area contributed by atoms with Crippen LogP contribution in [0.1, 0.15) is 42.9 Å². The Labute approximate surface area is 151 Å². The predicted molar refractivity (Wildman–Crippen MR) is 98.3 cm³/mol. The van der Waals surface area contributed by atoms with E-state index in [2.05, 4.69) is 0 Å². The van der Waals surface area contributed by atoms with Crippen LogP contribution in [0.3, 0.4) is 0 Å². The second-order valence-electron chi connectivity index (χ2n) is 7.36. The number of nitrogens with zero attached hydrogens (tertiary/aromatic N) is 1. The number of hydrogen-bond acceptors (Lipinski definition) is 4. The number of fused-ring (bicyclic) bond motifs is 3. The summed E-state index contributed by atoms with van der Waals surface area (Å²) in [5.41, 5.74) is 1.62. The quantitative estimate of drug-likeness (QED) is 0.654. The fourth-order valence-electron chi connectivity index (χ4n) is 4.38. The number of carbonyl (C=O) groups excluding carboxylic acids is 1. The third-order valence-electron chi connectivity index (χ3n) is 5.95. The van der Waals surface area contributed by atoms with Crippen LogP contribution in [0.2, 0.25) is 0 Å². The number of non-ortho nitro benzene ring substituents is 1. The van der Waals surface area contributed by atoms with Crippen LogP contribution < -0.4 is 0 Å². The second-order valence-corrected chi connectivity index (χ2v) is 7.36. The molecule has 1 saturated carbocycles. The van der Waals surface area contributed by atoms with Gasteiger partial charge in [0.05, 0.1) is 10.3 Å². The van der Waals surface area contributed by atoms with Crippen LogP contribution in [0.25, 0.3) is 11.6 Å². The molecule has 1 fully saturated rings. The van der Waals surface area contributed by atoms with Crippen LogP contribution in [-0.4, -0.2) is 15.8 Å². The molecule has 0 spiro atoms. The molecule has 2 aromatic carbocycles. The van der Waals surface area contributed by atoms with Gasteiger partial charge in [-0.15, -0.1) is 0 Å². The summed E-state index contributed by atoms with van der Waals surface area (Å²) in [7, 11) is 0. The van der Waals surface area contributed by atoms with Gasteiger partial charge in [0.2, 0.25) is 0 Å². The molecule has 0 amide bonds. The molecule has 5 heteroatoms. The lowest BCUT2D eigenvalue weighted by atomic mass is 9.61. The summed E-state index contributed by atoms with van der Waals surface area (Å²) in [6.45, 7) is 1.85. The number of Topliss-reactive ketones (excluding diaryl/α,β-unsaturated/α-hetero) is 1. The molecule has 0 bridgehead atoms. The number of nitro groups is 1. The lowest BCUT2D eigenvalue weighted by Crippen LogP contribution is -2.46. The molecule has 5 nitrogen and oxygen atoms in total. The van der Waals surface area contributed by atoms with Gasteiger partial charge in [-0.05, 0) is 54.2 Å². The maximum Gasteiger partial charge on any atom is 0.269 e. The highest BCUT2D eigenvalue weighted by Crippen LogP contribution is 2.59. The number of nitro benzene ring substituents is 1. The minimum Gasteiger partial charge on any atom is -0.384 e. The fraction of sp³-hybridized carbons (Fsp3) is 0.286. The van der Waals surface area contributed by atoms with Gasteiger partial charge >= 0.3 is 0 Å². The number of benzene rings is 2. The Morgan fingerprint density at radius 3 is 2.54 bits per heavy atom. The number of hydrogen-bond donors (Lipinski definition) is 1. The zero-order valence-electron chi connectivity index (χ0n) is 14.4. The number of aliphatic hydroxyl groups is 1. The third-order valence-corrected chi connectivity index (χ3v) is 5.95. The molecule has 0 unspecified atom stereocenters. The molecule has 0 heterocycles. The van der Waals surface area contributed by atoms with Crippen LogP contribution in [-0.2, 0) is 10.4 Å². The molecule has 2 aliphatic carbocycles.